The number of rotatable bonds is 4. The van der Waals surface area contributed by atoms with Gasteiger partial charge in [0.25, 0.3) is 0 Å². The zero-order valence-electron chi connectivity index (χ0n) is 15.1. The van der Waals surface area contributed by atoms with Crippen molar-refractivity contribution in [3.63, 3.8) is 0 Å². The van der Waals surface area contributed by atoms with Crippen molar-refractivity contribution in [2.24, 2.45) is 5.92 Å². The van der Waals surface area contributed by atoms with Crippen molar-refractivity contribution >= 4 is 27.5 Å². The summed E-state index contributed by atoms with van der Waals surface area (Å²) in [5.74, 6) is 0.139. The summed E-state index contributed by atoms with van der Waals surface area (Å²) in [5, 5.41) is 0.742. The van der Waals surface area contributed by atoms with Crippen LogP contribution < -0.4 is 0 Å². The Bertz CT molecular complexity index is 723. The van der Waals surface area contributed by atoms with Gasteiger partial charge in [0.2, 0.25) is 15.9 Å². The SMILES string of the molecule is CS(=O)(=O)N1CCC(C(=O)N2CCN(Cc3ccc(Cl)cc3)CC2)CC1. The van der Waals surface area contributed by atoms with E-state index in [4.69, 9.17) is 11.6 Å². The molecule has 1 amide bonds. The highest BCUT2D eigenvalue weighted by Gasteiger charge is 2.32. The number of piperazine rings is 1. The van der Waals surface area contributed by atoms with Gasteiger partial charge in [0, 0.05) is 56.8 Å². The van der Waals surface area contributed by atoms with Gasteiger partial charge in [-0.2, -0.15) is 0 Å². The normalized spacial score (nSPS) is 21.1. The highest BCUT2D eigenvalue weighted by Crippen LogP contribution is 2.22. The second-order valence-electron chi connectivity index (χ2n) is 7.16. The summed E-state index contributed by atoms with van der Waals surface area (Å²) >= 11 is 5.92. The van der Waals surface area contributed by atoms with E-state index < -0.39 is 10.0 Å². The van der Waals surface area contributed by atoms with E-state index in [1.807, 2.05) is 29.2 Å². The first kappa shape index (κ1) is 19.6. The lowest BCUT2D eigenvalue weighted by atomic mass is 9.96. The molecule has 2 heterocycles. The molecule has 8 heteroatoms. The number of carbonyl (C=O) groups is 1. The van der Waals surface area contributed by atoms with Crippen LogP contribution in [0.5, 0.6) is 0 Å². The van der Waals surface area contributed by atoms with Gasteiger partial charge in [-0.25, -0.2) is 12.7 Å². The summed E-state index contributed by atoms with van der Waals surface area (Å²) in [6.07, 6.45) is 2.48. The number of halogens is 1. The summed E-state index contributed by atoms with van der Waals surface area (Å²) in [5.41, 5.74) is 1.22. The maximum atomic E-state index is 12.7. The van der Waals surface area contributed by atoms with Gasteiger partial charge in [-0.05, 0) is 30.5 Å². The standard InChI is InChI=1S/C18H26ClN3O3S/c1-26(24,25)22-8-6-16(7-9-22)18(23)21-12-10-20(11-13-21)14-15-2-4-17(19)5-3-15/h2-5,16H,6-14H2,1H3. The molecule has 0 bridgehead atoms. The molecule has 2 fully saturated rings. The van der Waals surface area contributed by atoms with Crippen LogP contribution in [0.2, 0.25) is 5.02 Å². The fourth-order valence-electron chi connectivity index (χ4n) is 3.67. The number of hydrogen-bond acceptors (Lipinski definition) is 4. The number of carbonyl (C=O) groups excluding carboxylic acids is 1. The smallest absolute Gasteiger partial charge is 0.225 e. The van der Waals surface area contributed by atoms with Crippen LogP contribution in [0.3, 0.4) is 0 Å². The Morgan fingerprint density at radius 2 is 1.62 bits per heavy atom. The largest absolute Gasteiger partial charge is 0.340 e. The molecule has 0 saturated carbocycles. The van der Waals surface area contributed by atoms with Crippen LogP contribution >= 0.6 is 11.6 Å². The molecule has 2 aliphatic heterocycles. The lowest BCUT2D eigenvalue weighted by Crippen LogP contribution is -2.51. The first-order valence-electron chi connectivity index (χ1n) is 9.03. The Morgan fingerprint density at radius 1 is 1.04 bits per heavy atom. The zero-order valence-corrected chi connectivity index (χ0v) is 16.7. The predicted molar refractivity (Wildman–Crippen MR) is 102 cm³/mol. The van der Waals surface area contributed by atoms with Crippen molar-refractivity contribution < 1.29 is 13.2 Å². The summed E-state index contributed by atoms with van der Waals surface area (Å²) in [4.78, 5) is 17.0. The molecule has 0 aliphatic carbocycles. The highest BCUT2D eigenvalue weighted by atomic mass is 35.5. The van der Waals surface area contributed by atoms with Gasteiger partial charge in [0.1, 0.15) is 0 Å². The molecule has 1 aromatic rings. The highest BCUT2D eigenvalue weighted by molar-refractivity contribution is 7.88. The van der Waals surface area contributed by atoms with Crippen molar-refractivity contribution in [1.29, 1.82) is 0 Å². The molecule has 2 aliphatic rings. The fraction of sp³-hybridized carbons (Fsp3) is 0.611. The first-order valence-corrected chi connectivity index (χ1v) is 11.3. The maximum Gasteiger partial charge on any atom is 0.225 e. The number of benzene rings is 1. The molecule has 1 aromatic carbocycles. The average Bonchev–Trinajstić information content (AvgIpc) is 2.63. The molecule has 2 saturated heterocycles. The fourth-order valence-corrected chi connectivity index (χ4v) is 4.67. The van der Waals surface area contributed by atoms with E-state index in [1.54, 1.807) is 0 Å². The van der Waals surface area contributed by atoms with Gasteiger partial charge in [0.15, 0.2) is 0 Å². The van der Waals surface area contributed by atoms with Crippen LogP contribution in [0.4, 0.5) is 0 Å². The third kappa shape index (κ3) is 4.97. The average molecular weight is 400 g/mol. The van der Waals surface area contributed by atoms with Gasteiger partial charge in [-0.3, -0.25) is 9.69 Å². The van der Waals surface area contributed by atoms with Crippen LogP contribution in [0, 0.1) is 5.92 Å². The first-order chi connectivity index (χ1) is 12.3. The minimum Gasteiger partial charge on any atom is -0.340 e. The van der Waals surface area contributed by atoms with Gasteiger partial charge in [0.05, 0.1) is 6.26 Å². The minimum absolute atomic E-state index is 0.0455. The van der Waals surface area contributed by atoms with E-state index in [0.717, 1.165) is 37.7 Å². The maximum absolute atomic E-state index is 12.7. The number of nitrogens with zero attached hydrogens (tertiary/aromatic N) is 3. The molecule has 3 rings (SSSR count). The summed E-state index contributed by atoms with van der Waals surface area (Å²) < 4.78 is 24.6. The van der Waals surface area contributed by atoms with E-state index in [9.17, 15) is 13.2 Å². The van der Waals surface area contributed by atoms with Gasteiger partial charge in [-0.15, -0.1) is 0 Å². The Labute approximate surface area is 160 Å². The Hall–Kier alpha value is -1.15. The second kappa shape index (κ2) is 8.25. The summed E-state index contributed by atoms with van der Waals surface area (Å²) in [6.45, 7) is 4.95. The molecule has 6 nitrogen and oxygen atoms in total. The van der Waals surface area contributed by atoms with Crippen molar-refractivity contribution in [1.82, 2.24) is 14.1 Å². The number of piperidine rings is 1. The topological polar surface area (TPSA) is 60.9 Å². The Kier molecular flexibility index (Phi) is 6.22. The van der Waals surface area contributed by atoms with Crippen LogP contribution in [0.25, 0.3) is 0 Å². The molecule has 0 atom stereocenters. The van der Waals surface area contributed by atoms with E-state index in [0.29, 0.717) is 25.9 Å². The minimum atomic E-state index is -3.15. The quantitative estimate of drug-likeness (QED) is 0.772. The Balaban J connectivity index is 1.46. The molecule has 0 radical (unpaired) electrons. The third-order valence-corrected chi connectivity index (χ3v) is 6.83. The van der Waals surface area contributed by atoms with E-state index >= 15 is 0 Å². The molecule has 0 unspecified atom stereocenters. The van der Waals surface area contributed by atoms with Crippen molar-refractivity contribution in [3.05, 3.63) is 34.9 Å². The summed E-state index contributed by atoms with van der Waals surface area (Å²) in [7, 11) is -3.15. The van der Waals surface area contributed by atoms with Crippen LogP contribution in [0.1, 0.15) is 18.4 Å². The summed E-state index contributed by atoms with van der Waals surface area (Å²) in [6, 6.07) is 7.88. The van der Waals surface area contributed by atoms with Gasteiger partial charge >= 0.3 is 0 Å². The molecule has 0 N–H and O–H groups in total. The molecule has 0 aromatic heterocycles. The monoisotopic (exact) mass is 399 g/mol. The van der Waals surface area contributed by atoms with E-state index in [1.165, 1.54) is 16.1 Å². The lowest BCUT2D eigenvalue weighted by Gasteiger charge is -2.38. The molecule has 144 valence electrons. The number of hydrogen-bond donors (Lipinski definition) is 0. The zero-order chi connectivity index (χ0) is 18.7. The Morgan fingerprint density at radius 3 is 2.15 bits per heavy atom. The molecular weight excluding hydrogens is 374 g/mol. The van der Waals surface area contributed by atoms with Crippen molar-refractivity contribution in [2.75, 3.05) is 45.5 Å². The van der Waals surface area contributed by atoms with Crippen molar-refractivity contribution in [2.45, 2.75) is 19.4 Å². The number of sulfonamides is 1. The van der Waals surface area contributed by atoms with E-state index in [-0.39, 0.29) is 11.8 Å². The van der Waals surface area contributed by atoms with E-state index in [2.05, 4.69) is 4.90 Å². The van der Waals surface area contributed by atoms with Crippen LogP contribution in [-0.4, -0.2) is 74.0 Å². The molecule has 0 spiro atoms. The number of amides is 1. The van der Waals surface area contributed by atoms with Gasteiger partial charge < -0.3 is 4.90 Å². The molecular formula is C18H26ClN3O3S. The third-order valence-electron chi connectivity index (χ3n) is 5.28. The van der Waals surface area contributed by atoms with Crippen molar-refractivity contribution in [3.8, 4) is 0 Å². The molecule has 26 heavy (non-hydrogen) atoms. The van der Waals surface area contributed by atoms with Crippen LogP contribution in [0.15, 0.2) is 24.3 Å². The second-order valence-corrected chi connectivity index (χ2v) is 9.58. The predicted octanol–water partition coefficient (Wildman–Crippen LogP) is 1.66. The van der Waals surface area contributed by atoms with Crippen LogP contribution in [-0.2, 0) is 21.4 Å². The lowest BCUT2D eigenvalue weighted by molar-refractivity contribution is -0.138. The van der Waals surface area contributed by atoms with Gasteiger partial charge in [-0.1, -0.05) is 23.7 Å².